The molecular weight excluding hydrogens is 466 g/mol. The zero-order chi connectivity index (χ0) is 25.0. The van der Waals surface area contributed by atoms with E-state index in [1.54, 1.807) is 0 Å². The van der Waals surface area contributed by atoms with Gasteiger partial charge in [-0.3, -0.25) is 0 Å². The fraction of sp³-hybridized carbons (Fsp3) is 0.387. The molecule has 3 saturated heterocycles. The SMILES string of the molecule is O=C(OCC1c2ccccc2-c2ccccc21)N1C2CCC1CC(O)(c1ccccc1C1OCCO1)C2. The normalized spacial score (nSPS) is 26.8. The van der Waals surface area contributed by atoms with E-state index in [9.17, 15) is 9.90 Å². The maximum Gasteiger partial charge on any atom is 0.410 e. The highest BCUT2D eigenvalue weighted by atomic mass is 16.7. The van der Waals surface area contributed by atoms with Crippen molar-refractivity contribution in [2.75, 3.05) is 19.8 Å². The molecule has 3 fully saturated rings. The third-order valence-corrected chi connectivity index (χ3v) is 8.65. The molecule has 1 amide bonds. The molecule has 2 bridgehead atoms. The molecular formula is C31H31NO5. The fourth-order valence-electron chi connectivity index (χ4n) is 7.08. The average molecular weight is 498 g/mol. The molecule has 3 heterocycles. The van der Waals surface area contributed by atoms with Gasteiger partial charge in [-0.2, -0.15) is 0 Å². The van der Waals surface area contributed by atoms with E-state index in [0.717, 1.165) is 24.0 Å². The summed E-state index contributed by atoms with van der Waals surface area (Å²) in [4.78, 5) is 15.3. The number of hydrogen-bond acceptors (Lipinski definition) is 5. The van der Waals surface area contributed by atoms with Crippen molar-refractivity contribution in [2.45, 2.75) is 55.6 Å². The van der Waals surface area contributed by atoms with Crippen LogP contribution in [0, 0.1) is 0 Å². The molecule has 3 aromatic carbocycles. The fourth-order valence-corrected chi connectivity index (χ4v) is 7.08. The lowest BCUT2D eigenvalue weighted by Gasteiger charge is -2.44. The van der Waals surface area contributed by atoms with Crippen LogP contribution in [0.2, 0.25) is 0 Å². The van der Waals surface area contributed by atoms with Gasteiger partial charge in [0.25, 0.3) is 0 Å². The number of nitrogens with zero attached hydrogens (tertiary/aromatic N) is 1. The molecule has 0 radical (unpaired) electrons. The third kappa shape index (κ3) is 3.78. The van der Waals surface area contributed by atoms with Gasteiger partial charge in [0, 0.05) is 36.4 Å². The summed E-state index contributed by atoms with van der Waals surface area (Å²) in [6.07, 6.45) is 1.99. The van der Waals surface area contributed by atoms with Crippen LogP contribution in [-0.4, -0.2) is 48.0 Å². The first kappa shape index (κ1) is 23.0. The quantitative estimate of drug-likeness (QED) is 0.516. The Bertz CT molecular complexity index is 1270. The molecule has 37 heavy (non-hydrogen) atoms. The van der Waals surface area contributed by atoms with Gasteiger partial charge < -0.3 is 24.2 Å². The van der Waals surface area contributed by atoms with Crippen molar-refractivity contribution >= 4 is 6.09 Å². The minimum atomic E-state index is -1.03. The highest BCUT2D eigenvalue weighted by Gasteiger charge is 2.51. The van der Waals surface area contributed by atoms with Gasteiger partial charge in [-0.05, 0) is 40.7 Å². The van der Waals surface area contributed by atoms with E-state index >= 15 is 0 Å². The summed E-state index contributed by atoms with van der Waals surface area (Å²) in [5.74, 6) is 0.0361. The van der Waals surface area contributed by atoms with Gasteiger partial charge in [0.2, 0.25) is 0 Å². The maximum absolute atomic E-state index is 13.4. The van der Waals surface area contributed by atoms with E-state index in [1.807, 2.05) is 41.3 Å². The minimum Gasteiger partial charge on any atom is -0.448 e. The minimum absolute atomic E-state index is 0.0361. The standard InChI is InChI=1S/C31H31NO5/c33-30(37-19-27-24-9-3-1-7-22(24)23-8-2-4-10-25(23)27)32-20-13-14-21(32)18-31(34,17-20)28-12-6-5-11-26(28)29-35-15-16-36-29/h1-12,20-21,27,29,34H,13-19H2. The van der Waals surface area contributed by atoms with Crippen molar-refractivity contribution < 1.29 is 24.1 Å². The number of amides is 1. The number of hydrogen-bond donors (Lipinski definition) is 1. The first-order chi connectivity index (χ1) is 18.1. The van der Waals surface area contributed by atoms with Crippen molar-refractivity contribution in [3.05, 3.63) is 95.1 Å². The summed E-state index contributed by atoms with van der Waals surface area (Å²) in [6, 6.07) is 24.5. The van der Waals surface area contributed by atoms with E-state index in [4.69, 9.17) is 14.2 Å². The topological polar surface area (TPSA) is 68.2 Å². The highest BCUT2D eigenvalue weighted by molar-refractivity contribution is 5.79. The Labute approximate surface area is 216 Å². The number of ether oxygens (including phenoxy) is 3. The lowest BCUT2D eigenvalue weighted by molar-refractivity contribution is -0.0678. The zero-order valence-electron chi connectivity index (χ0n) is 20.7. The summed E-state index contributed by atoms with van der Waals surface area (Å²) >= 11 is 0. The second-order valence-corrected chi connectivity index (χ2v) is 10.7. The molecule has 1 N–H and O–H groups in total. The van der Waals surface area contributed by atoms with E-state index < -0.39 is 11.9 Å². The van der Waals surface area contributed by atoms with Crippen molar-refractivity contribution in [3.8, 4) is 11.1 Å². The Morgan fingerprint density at radius 2 is 1.38 bits per heavy atom. The Morgan fingerprint density at radius 3 is 2.00 bits per heavy atom. The first-order valence-electron chi connectivity index (χ1n) is 13.3. The van der Waals surface area contributed by atoms with Crippen LogP contribution in [0.25, 0.3) is 11.1 Å². The Balaban J connectivity index is 1.09. The predicted molar refractivity (Wildman–Crippen MR) is 138 cm³/mol. The number of benzene rings is 3. The van der Waals surface area contributed by atoms with Gasteiger partial charge in [-0.25, -0.2) is 4.79 Å². The maximum atomic E-state index is 13.4. The van der Waals surface area contributed by atoms with Crippen LogP contribution in [0.5, 0.6) is 0 Å². The summed E-state index contributed by atoms with van der Waals surface area (Å²) < 4.78 is 17.5. The molecule has 6 nitrogen and oxygen atoms in total. The van der Waals surface area contributed by atoms with Crippen LogP contribution in [0.4, 0.5) is 4.79 Å². The number of fused-ring (bicyclic) bond motifs is 5. The van der Waals surface area contributed by atoms with Crippen molar-refractivity contribution in [1.82, 2.24) is 4.90 Å². The Morgan fingerprint density at radius 1 is 0.838 bits per heavy atom. The van der Waals surface area contributed by atoms with Crippen molar-refractivity contribution in [2.24, 2.45) is 0 Å². The van der Waals surface area contributed by atoms with Crippen LogP contribution in [0.3, 0.4) is 0 Å². The second-order valence-electron chi connectivity index (χ2n) is 10.7. The monoisotopic (exact) mass is 497 g/mol. The number of rotatable bonds is 4. The van der Waals surface area contributed by atoms with Gasteiger partial charge in [0.1, 0.15) is 6.61 Å². The summed E-state index contributed by atoms with van der Waals surface area (Å²) in [7, 11) is 0. The molecule has 0 spiro atoms. The first-order valence-corrected chi connectivity index (χ1v) is 13.3. The van der Waals surface area contributed by atoms with Gasteiger partial charge >= 0.3 is 6.09 Å². The van der Waals surface area contributed by atoms with Gasteiger partial charge in [-0.1, -0.05) is 72.8 Å². The van der Waals surface area contributed by atoms with Crippen LogP contribution in [0.15, 0.2) is 72.8 Å². The van der Waals surface area contributed by atoms with E-state index in [-0.39, 0.29) is 24.1 Å². The molecule has 2 atom stereocenters. The second kappa shape index (κ2) is 8.98. The van der Waals surface area contributed by atoms with Crippen molar-refractivity contribution in [3.63, 3.8) is 0 Å². The molecule has 4 aliphatic rings. The summed E-state index contributed by atoms with van der Waals surface area (Å²) in [5, 5.41) is 11.9. The Kier molecular flexibility index (Phi) is 5.57. The van der Waals surface area contributed by atoms with Crippen molar-refractivity contribution in [1.29, 1.82) is 0 Å². The lowest BCUT2D eigenvalue weighted by Crippen LogP contribution is -2.52. The Hall–Kier alpha value is -3.19. The van der Waals surface area contributed by atoms with Gasteiger partial charge in [-0.15, -0.1) is 0 Å². The van der Waals surface area contributed by atoms with Crippen LogP contribution >= 0.6 is 0 Å². The molecule has 2 unspecified atom stereocenters. The zero-order valence-corrected chi connectivity index (χ0v) is 20.7. The summed E-state index contributed by atoms with van der Waals surface area (Å²) in [6.45, 7) is 1.42. The molecule has 0 aromatic heterocycles. The van der Waals surface area contributed by atoms with Gasteiger partial charge in [0.15, 0.2) is 6.29 Å². The van der Waals surface area contributed by atoms with Crippen LogP contribution < -0.4 is 0 Å². The molecule has 3 aliphatic heterocycles. The number of piperidine rings is 1. The van der Waals surface area contributed by atoms with E-state index in [2.05, 4.69) is 36.4 Å². The molecule has 1 aliphatic carbocycles. The van der Waals surface area contributed by atoms with Crippen LogP contribution in [0.1, 0.15) is 60.1 Å². The molecule has 3 aromatic rings. The molecule has 7 rings (SSSR count). The molecule has 6 heteroatoms. The predicted octanol–water partition coefficient (Wildman–Crippen LogP) is 5.50. The number of carbonyl (C=O) groups excluding carboxylic acids is 1. The van der Waals surface area contributed by atoms with Gasteiger partial charge in [0.05, 0.1) is 18.8 Å². The van der Waals surface area contributed by atoms with E-state index in [0.29, 0.717) is 32.7 Å². The smallest absolute Gasteiger partial charge is 0.410 e. The average Bonchev–Trinajstić information content (AvgIpc) is 3.64. The number of carbonyl (C=O) groups is 1. The number of aliphatic hydroxyl groups is 1. The van der Waals surface area contributed by atoms with Crippen LogP contribution in [-0.2, 0) is 19.8 Å². The molecule has 190 valence electrons. The highest BCUT2D eigenvalue weighted by Crippen LogP contribution is 2.49. The molecule has 0 saturated carbocycles. The summed E-state index contributed by atoms with van der Waals surface area (Å²) in [5.41, 5.74) is 5.56. The third-order valence-electron chi connectivity index (χ3n) is 8.65. The lowest BCUT2D eigenvalue weighted by atomic mass is 9.78. The van der Waals surface area contributed by atoms with E-state index in [1.165, 1.54) is 22.3 Å². The largest absolute Gasteiger partial charge is 0.448 e.